The van der Waals surface area contributed by atoms with Crippen molar-refractivity contribution in [3.05, 3.63) is 11.8 Å². The van der Waals surface area contributed by atoms with Crippen LogP contribution in [0, 0.1) is 29.6 Å². The van der Waals surface area contributed by atoms with Crippen molar-refractivity contribution in [1.29, 1.82) is 0 Å². The lowest BCUT2D eigenvalue weighted by Gasteiger charge is -2.37. The summed E-state index contributed by atoms with van der Waals surface area (Å²) in [5.74, 6) is 8.03. The molecule has 4 atom stereocenters. The molecular formula is C12H18N2. The molecule has 0 aromatic rings. The maximum Gasteiger partial charge on any atom is 0.0789 e. The lowest BCUT2D eigenvalue weighted by Crippen LogP contribution is -2.38. The third kappa shape index (κ3) is 1.78. The predicted molar refractivity (Wildman–Crippen MR) is 58.0 cm³/mol. The summed E-state index contributed by atoms with van der Waals surface area (Å²) in [7, 11) is 0. The highest BCUT2D eigenvalue weighted by atomic mass is 14.7. The minimum atomic E-state index is 0.338. The molecule has 0 aromatic carbocycles. The molecular weight excluding hydrogens is 172 g/mol. The Morgan fingerprint density at radius 2 is 2.21 bits per heavy atom. The van der Waals surface area contributed by atoms with Crippen LogP contribution in [0.3, 0.4) is 0 Å². The number of rotatable bonds is 0. The molecule has 0 aliphatic heterocycles. The van der Waals surface area contributed by atoms with Gasteiger partial charge in [0.15, 0.2) is 0 Å². The first-order valence-electron chi connectivity index (χ1n) is 5.38. The van der Waals surface area contributed by atoms with Crippen LogP contribution in [0.5, 0.6) is 0 Å². The first-order chi connectivity index (χ1) is 6.66. The van der Waals surface area contributed by atoms with Crippen LogP contribution in [0.4, 0.5) is 0 Å². The molecule has 0 aromatic heterocycles. The molecule has 0 heterocycles. The standard InChI is InChI=1S/C12H18N2/c1-8-9-3-2-4-11(13)6-10(8)7-12(14)5-9/h6,8-10,12H,3,5,7,13-14H2,1H3/b11-6+. The van der Waals surface area contributed by atoms with Gasteiger partial charge in [-0.25, -0.2) is 0 Å². The van der Waals surface area contributed by atoms with Gasteiger partial charge in [0.1, 0.15) is 0 Å². The Labute approximate surface area is 85.7 Å². The van der Waals surface area contributed by atoms with Crippen LogP contribution in [0.1, 0.15) is 26.2 Å². The van der Waals surface area contributed by atoms with Gasteiger partial charge in [-0.15, -0.1) is 0 Å². The van der Waals surface area contributed by atoms with E-state index in [2.05, 4.69) is 24.8 Å². The molecule has 1 saturated carbocycles. The van der Waals surface area contributed by atoms with Crippen molar-refractivity contribution in [3.63, 3.8) is 0 Å². The Hall–Kier alpha value is -0.940. The molecule has 2 heteroatoms. The van der Waals surface area contributed by atoms with Crippen molar-refractivity contribution in [2.75, 3.05) is 0 Å². The van der Waals surface area contributed by atoms with Crippen LogP contribution < -0.4 is 11.5 Å². The molecule has 2 bridgehead atoms. The number of hydrogen-bond acceptors (Lipinski definition) is 2. The first-order valence-corrected chi connectivity index (χ1v) is 5.38. The average molecular weight is 190 g/mol. The second-order valence-electron chi connectivity index (χ2n) is 4.64. The van der Waals surface area contributed by atoms with Crippen molar-refractivity contribution in [3.8, 4) is 11.8 Å². The Balaban J connectivity index is 2.27. The summed E-state index contributed by atoms with van der Waals surface area (Å²) < 4.78 is 0. The van der Waals surface area contributed by atoms with E-state index >= 15 is 0 Å². The first kappa shape index (κ1) is 9.61. The Morgan fingerprint density at radius 3 is 3.00 bits per heavy atom. The quantitative estimate of drug-likeness (QED) is 0.564. The molecule has 0 spiro atoms. The van der Waals surface area contributed by atoms with Crippen molar-refractivity contribution in [1.82, 2.24) is 0 Å². The molecule has 1 fully saturated rings. The van der Waals surface area contributed by atoms with Crippen LogP contribution in [0.2, 0.25) is 0 Å². The molecule has 4 unspecified atom stereocenters. The van der Waals surface area contributed by atoms with E-state index in [1.807, 2.05) is 0 Å². The highest BCUT2D eigenvalue weighted by Crippen LogP contribution is 2.37. The summed E-state index contributed by atoms with van der Waals surface area (Å²) in [5.41, 5.74) is 12.6. The van der Waals surface area contributed by atoms with Gasteiger partial charge in [-0.2, -0.15) is 0 Å². The van der Waals surface area contributed by atoms with E-state index in [1.165, 1.54) is 0 Å². The predicted octanol–water partition coefficient (Wildman–Crippen LogP) is 1.23. The lowest BCUT2D eigenvalue weighted by atomic mass is 9.69. The van der Waals surface area contributed by atoms with Crippen LogP contribution in [0.15, 0.2) is 11.8 Å². The minimum absolute atomic E-state index is 0.338. The lowest BCUT2D eigenvalue weighted by molar-refractivity contribution is 0.184. The van der Waals surface area contributed by atoms with Crippen molar-refractivity contribution in [2.24, 2.45) is 29.2 Å². The number of fused-ring (bicyclic) bond motifs is 2. The topological polar surface area (TPSA) is 52.0 Å². The highest BCUT2D eigenvalue weighted by Gasteiger charge is 2.32. The third-order valence-corrected chi connectivity index (χ3v) is 3.59. The fourth-order valence-corrected chi connectivity index (χ4v) is 2.66. The number of allylic oxidation sites excluding steroid dienone is 2. The van der Waals surface area contributed by atoms with E-state index in [9.17, 15) is 0 Å². The molecule has 0 amide bonds. The monoisotopic (exact) mass is 190 g/mol. The van der Waals surface area contributed by atoms with E-state index < -0.39 is 0 Å². The Bertz CT molecular complexity index is 308. The van der Waals surface area contributed by atoms with Crippen LogP contribution >= 0.6 is 0 Å². The van der Waals surface area contributed by atoms with Crippen molar-refractivity contribution < 1.29 is 0 Å². The van der Waals surface area contributed by atoms with Gasteiger partial charge in [0.2, 0.25) is 0 Å². The van der Waals surface area contributed by atoms with Crippen LogP contribution in [-0.2, 0) is 0 Å². The SMILES string of the molecule is CC1C2/C=C(/N)C#CCC1CC(N)C2. The summed E-state index contributed by atoms with van der Waals surface area (Å²) in [4.78, 5) is 0. The van der Waals surface area contributed by atoms with E-state index in [4.69, 9.17) is 11.5 Å². The summed E-state index contributed by atoms with van der Waals surface area (Å²) in [6.45, 7) is 2.30. The zero-order valence-electron chi connectivity index (χ0n) is 8.66. The van der Waals surface area contributed by atoms with E-state index in [0.29, 0.717) is 23.8 Å². The van der Waals surface area contributed by atoms with Crippen molar-refractivity contribution >= 4 is 0 Å². The smallest absolute Gasteiger partial charge is 0.0789 e. The second kappa shape index (κ2) is 3.67. The zero-order valence-corrected chi connectivity index (χ0v) is 8.66. The van der Waals surface area contributed by atoms with Crippen LogP contribution in [-0.4, -0.2) is 6.04 Å². The zero-order chi connectivity index (χ0) is 10.1. The number of nitrogens with two attached hydrogens (primary N) is 2. The minimum Gasteiger partial charge on any atom is -0.392 e. The maximum atomic E-state index is 6.03. The molecule has 2 aliphatic carbocycles. The van der Waals surface area contributed by atoms with Gasteiger partial charge in [0, 0.05) is 12.5 Å². The van der Waals surface area contributed by atoms with E-state index in [1.54, 1.807) is 0 Å². The van der Waals surface area contributed by atoms with E-state index in [0.717, 1.165) is 25.0 Å². The van der Waals surface area contributed by atoms with Gasteiger partial charge in [-0.05, 0) is 42.6 Å². The summed E-state index contributed by atoms with van der Waals surface area (Å²) >= 11 is 0. The summed E-state index contributed by atoms with van der Waals surface area (Å²) in [5, 5.41) is 0. The third-order valence-electron chi connectivity index (χ3n) is 3.59. The summed E-state index contributed by atoms with van der Waals surface area (Å²) in [6, 6.07) is 0.338. The van der Waals surface area contributed by atoms with Crippen molar-refractivity contribution in [2.45, 2.75) is 32.2 Å². The highest BCUT2D eigenvalue weighted by molar-refractivity contribution is 5.28. The van der Waals surface area contributed by atoms with Gasteiger partial charge in [-0.1, -0.05) is 12.8 Å². The Kier molecular flexibility index (Phi) is 2.52. The van der Waals surface area contributed by atoms with Gasteiger partial charge in [-0.3, -0.25) is 0 Å². The molecule has 14 heavy (non-hydrogen) atoms. The molecule has 2 nitrogen and oxygen atoms in total. The van der Waals surface area contributed by atoms with Gasteiger partial charge in [0.05, 0.1) is 5.70 Å². The molecule has 4 N–H and O–H groups in total. The summed E-state index contributed by atoms with van der Waals surface area (Å²) in [6.07, 6.45) is 5.27. The maximum absolute atomic E-state index is 6.03. The number of hydrogen-bond donors (Lipinski definition) is 2. The normalized spacial score (nSPS) is 45.1. The van der Waals surface area contributed by atoms with Gasteiger partial charge < -0.3 is 11.5 Å². The molecule has 2 rings (SSSR count). The van der Waals surface area contributed by atoms with Gasteiger partial charge in [0.25, 0.3) is 0 Å². The fourth-order valence-electron chi connectivity index (χ4n) is 2.66. The molecule has 0 saturated heterocycles. The van der Waals surface area contributed by atoms with Gasteiger partial charge >= 0.3 is 0 Å². The largest absolute Gasteiger partial charge is 0.392 e. The fraction of sp³-hybridized carbons (Fsp3) is 0.667. The average Bonchev–Trinajstić information content (AvgIpc) is 2.12. The molecule has 76 valence electrons. The molecule has 2 aliphatic rings. The molecule has 0 radical (unpaired) electrons. The second-order valence-corrected chi connectivity index (χ2v) is 4.64. The van der Waals surface area contributed by atoms with E-state index in [-0.39, 0.29) is 0 Å². The van der Waals surface area contributed by atoms with Crippen LogP contribution in [0.25, 0.3) is 0 Å². The Morgan fingerprint density at radius 1 is 1.43 bits per heavy atom.